The highest BCUT2D eigenvalue weighted by Crippen LogP contribution is 2.24. The number of hydrogen-bond acceptors (Lipinski definition) is 3. The lowest BCUT2D eigenvalue weighted by atomic mass is 10.1. The van der Waals surface area contributed by atoms with Crippen LogP contribution in [0, 0.1) is 5.82 Å². The fourth-order valence-electron chi connectivity index (χ4n) is 2.09. The van der Waals surface area contributed by atoms with Crippen LogP contribution in [0.3, 0.4) is 0 Å². The van der Waals surface area contributed by atoms with Crippen molar-refractivity contribution in [2.45, 2.75) is 6.61 Å². The van der Waals surface area contributed by atoms with Crippen LogP contribution in [-0.2, 0) is 6.61 Å². The molecule has 0 unspecified atom stereocenters. The van der Waals surface area contributed by atoms with Gasteiger partial charge in [-0.25, -0.2) is 4.39 Å². The van der Waals surface area contributed by atoms with Crippen molar-refractivity contribution in [3.05, 3.63) is 66.1 Å². The second-order valence-corrected chi connectivity index (χ2v) is 4.46. The van der Waals surface area contributed by atoms with E-state index in [0.29, 0.717) is 18.0 Å². The third-order valence-corrected chi connectivity index (χ3v) is 3.08. The maximum absolute atomic E-state index is 13.1. The summed E-state index contributed by atoms with van der Waals surface area (Å²) in [6.07, 6.45) is 1.72. The average molecular weight is 268 g/mol. The molecule has 0 saturated heterocycles. The van der Waals surface area contributed by atoms with E-state index in [1.807, 2.05) is 24.3 Å². The highest BCUT2D eigenvalue weighted by molar-refractivity contribution is 5.92. The number of nitrogens with zero attached hydrogens (tertiary/aromatic N) is 1. The van der Waals surface area contributed by atoms with E-state index in [1.165, 1.54) is 12.1 Å². The first kappa shape index (κ1) is 12.4. The largest absolute Gasteiger partial charge is 0.489 e. The molecule has 0 aliphatic carbocycles. The Kier molecular flexibility index (Phi) is 3.21. The Hall–Kier alpha value is -2.62. The molecule has 0 amide bonds. The number of pyridine rings is 1. The molecular formula is C16H13FN2O. The van der Waals surface area contributed by atoms with Gasteiger partial charge in [0.25, 0.3) is 0 Å². The lowest BCUT2D eigenvalue weighted by molar-refractivity contribution is 0.306. The number of aromatic nitrogens is 1. The van der Waals surface area contributed by atoms with Crippen molar-refractivity contribution in [1.82, 2.24) is 4.98 Å². The minimum atomic E-state index is -0.317. The lowest BCUT2D eigenvalue weighted by Gasteiger charge is -2.09. The summed E-state index contributed by atoms with van der Waals surface area (Å²) in [6, 6.07) is 13.5. The van der Waals surface area contributed by atoms with Crippen LogP contribution in [0.25, 0.3) is 10.9 Å². The third kappa shape index (κ3) is 2.40. The number of rotatable bonds is 3. The van der Waals surface area contributed by atoms with Gasteiger partial charge in [0.15, 0.2) is 0 Å². The van der Waals surface area contributed by atoms with Crippen LogP contribution < -0.4 is 10.5 Å². The molecule has 2 aromatic carbocycles. The quantitative estimate of drug-likeness (QED) is 0.739. The van der Waals surface area contributed by atoms with Crippen molar-refractivity contribution in [3.63, 3.8) is 0 Å². The van der Waals surface area contributed by atoms with Gasteiger partial charge >= 0.3 is 0 Å². The van der Waals surface area contributed by atoms with Crippen LogP contribution in [0.2, 0.25) is 0 Å². The molecule has 0 spiro atoms. The van der Waals surface area contributed by atoms with Gasteiger partial charge in [-0.3, -0.25) is 4.98 Å². The zero-order valence-electron chi connectivity index (χ0n) is 10.7. The molecule has 3 aromatic rings. The number of hydrogen-bond donors (Lipinski definition) is 1. The number of benzene rings is 2. The summed E-state index contributed by atoms with van der Waals surface area (Å²) in [4.78, 5) is 4.34. The molecule has 0 atom stereocenters. The Bertz CT molecular complexity index is 758. The minimum absolute atomic E-state index is 0.317. The summed E-state index contributed by atoms with van der Waals surface area (Å²) in [7, 11) is 0. The molecule has 0 aliphatic heterocycles. The first-order chi connectivity index (χ1) is 9.74. The van der Waals surface area contributed by atoms with E-state index in [0.717, 1.165) is 16.5 Å². The van der Waals surface area contributed by atoms with Crippen LogP contribution in [-0.4, -0.2) is 4.98 Å². The first-order valence-corrected chi connectivity index (χ1v) is 6.24. The molecule has 0 fully saturated rings. The van der Waals surface area contributed by atoms with Gasteiger partial charge in [-0.15, -0.1) is 0 Å². The fourth-order valence-corrected chi connectivity index (χ4v) is 2.09. The van der Waals surface area contributed by atoms with Gasteiger partial charge in [-0.2, -0.15) is 0 Å². The van der Waals surface area contributed by atoms with Gasteiger partial charge in [-0.05, 0) is 30.3 Å². The van der Waals surface area contributed by atoms with E-state index >= 15 is 0 Å². The molecule has 0 bridgehead atoms. The molecule has 3 rings (SSSR count). The first-order valence-electron chi connectivity index (χ1n) is 6.24. The molecule has 1 heterocycles. The number of ether oxygens (including phenoxy) is 1. The standard InChI is InChI=1S/C16H13FN2O/c17-12-3-1-4-13(9-12)20-10-11-6-7-15(18)14-5-2-8-19-16(11)14/h1-9H,10,18H2. The summed E-state index contributed by atoms with van der Waals surface area (Å²) in [5, 5.41) is 0.896. The summed E-state index contributed by atoms with van der Waals surface area (Å²) < 4.78 is 18.7. The number of nitrogen functional groups attached to an aromatic ring is 1. The SMILES string of the molecule is Nc1ccc(COc2cccc(F)c2)c2ncccc12. The van der Waals surface area contributed by atoms with Gasteiger partial charge in [0.05, 0.1) is 5.52 Å². The highest BCUT2D eigenvalue weighted by Gasteiger charge is 2.06. The van der Waals surface area contributed by atoms with Crippen LogP contribution in [0.5, 0.6) is 5.75 Å². The monoisotopic (exact) mass is 268 g/mol. The second kappa shape index (κ2) is 5.17. The average Bonchev–Trinajstić information content (AvgIpc) is 2.47. The van der Waals surface area contributed by atoms with Gasteiger partial charge < -0.3 is 10.5 Å². The van der Waals surface area contributed by atoms with Crippen molar-refractivity contribution < 1.29 is 9.13 Å². The van der Waals surface area contributed by atoms with Crippen molar-refractivity contribution in [2.75, 3.05) is 5.73 Å². The van der Waals surface area contributed by atoms with Crippen molar-refractivity contribution >= 4 is 16.6 Å². The lowest BCUT2D eigenvalue weighted by Crippen LogP contribution is -1.99. The smallest absolute Gasteiger partial charge is 0.126 e. The molecule has 20 heavy (non-hydrogen) atoms. The van der Waals surface area contributed by atoms with Crippen molar-refractivity contribution in [1.29, 1.82) is 0 Å². The van der Waals surface area contributed by atoms with Crippen molar-refractivity contribution in [2.24, 2.45) is 0 Å². The van der Waals surface area contributed by atoms with Crippen LogP contribution in [0.1, 0.15) is 5.56 Å². The van der Waals surface area contributed by atoms with E-state index in [9.17, 15) is 4.39 Å². The van der Waals surface area contributed by atoms with Gasteiger partial charge in [-0.1, -0.05) is 12.1 Å². The Morgan fingerprint density at radius 1 is 1.10 bits per heavy atom. The zero-order valence-corrected chi connectivity index (χ0v) is 10.7. The maximum atomic E-state index is 13.1. The molecule has 4 heteroatoms. The third-order valence-electron chi connectivity index (χ3n) is 3.08. The summed E-state index contributed by atoms with van der Waals surface area (Å²) >= 11 is 0. The predicted octanol–water partition coefficient (Wildman–Crippen LogP) is 3.54. The number of fused-ring (bicyclic) bond motifs is 1. The molecule has 3 nitrogen and oxygen atoms in total. The number of anilines is 1. The van der Waals surface area contributed by atoms with Gasteiger partial charge in [0.2, 0.25) is 0 Å². The number of nitrogens with two attached hydrogens (primary N) is 1. The van der Waals surface area contributed by atoms with E-state index in [-0.39, 0.29) is 5.82 Å². The van der Waals surface area contributed by atoms with E-state index in [4.69, 9.17) is 10.5 Å². The molecule has 0 saturated carbocycles. The molecular weight excluding hydrogens is 255 g/mol. The van der Waals surface area contributed by atoms with Crippen LogP contribution in [0.4, 0.5) is 10.1 Å². The predicted molar refractivity (Wildman–Crippen MR) is 76.9 cm³/mol. The normalized spacial score (nSPS) is 10.7. The fraction of sp³-hybridized carbons (Fsp3) is 0.0625. The summed E-state index contributed by atoms with van der Waals surface area (Å²) in [6.45, 7) is 0.317. The van der Waals surface area contributed by atoms with Crippen LogP contribution >= 0.6 is 0 Å². The molecule has 2 N–H and O–H groups in total. The zero-order chi connectivity index (χ0) is 13.9. The van der Waals surface area contributed by atoms with Crippen molar-refractivity contribution in [3.8, 4) is 5.75 Å². The van der Waals surface area contributed by atoms with E-state index < -0.39 is 0 Å². The van der Waals surface area contributed by atoms with E-state index in [1.54, 1.807) is 18.3 Å². The van der Waals surface area contributed by atoms with Crippen LogP contribution in [0.15, 0.2) is 54.7 Å². The Morgan fingerprint density at radius 3 is 2.85 bits per heavy atom. The molecule has 0 aliphatic rings. The number of halogens is 1. The molecule has 0 radical (unpaired) electrons. The Morgan fingerprint density at radius 2 is 2.00 bits per heavy atom. The molecule has 1 aromatic heterocycles. The topological polar surface area (TPSA) is 48.1 Å². The summed E-state index contributed by atoms with van der Waals surface area (Å²) in [5.74, 6) is 0.175. The second-order valence-electron chi connectivity index (χ2n) is 4.46. The maximum Gasteiger partial charge on any atom is 0.126 e. The van der Waals surface area contributed by atoms with Gasteiger partial charge in [0.1, 0.15) is 18.2 Å². The highest BCUT2D eigenvalue weighted by atomic mass is 19.1. The minimum Gasteiger partial charge on any atom is -0.489 e. The summed E-state index contributed by atoms with van der Waals surface area (Å²) in [5.41, 5.74) is 8.33. The Labute approximate surface area is 115 Å². The molecule has 100 valence electrons. The van der Waals surface area contributed by atoms with Gasteiger partial charge in [0, 0.05) is 28.9 Å². The Balaban J connectivity index is 1.90. The van der Waals surface area contributed by atoms with E-state index in [2.05, 4.69) is 4.98 Å².